The predicted octanol–water partition coefficient (Wildman–Crippen LogP) is 1.91. The SMILES string of the molecule is CNCCC(=O)N1CCN(c2cc(Cl)ccc2C)CC1. The van der Waals surface area contributed by atoms with Crippen LogP contribution in [0.4, 0.5) is 5.69 Å². The highest BCUT2D eigenvalue weighted by molar-refractivity contribution is 6.30. The number of hydrogen-bond acceptors (Lipinski definition) is 3. The van der Waals surface area contributed by atoms with Gasteiger partial charge in [0.15, 0.2) is 0 Å². The molecule has 0 aliphatic carbocycles. The van der Waals surface area contributed by atoms with Gasteiger partial charge in [-0.25, -0.2) is 0 Å². The molecule has 4 nitrogen and oxygen atoms in total. The highest BCUT2D eigenvalue weighted by Gasteiger charge is 2.21. The van der Waals surface area contributed by atoms with Gasteiger partial charge in [-0.1, -0.05) is 17.7 Å². The van der Waals surface area contributed by atoms with Gasteiger partial charge >= 0.3 is 0 Å². The molecule has 1 amide bonds. The van der Waals surface area contributed by atoms with Crippen LogP contribution in [0.1, 0.15) is 12.0 Å². The first-order chi connectivity index (χ1) is 9.61. The molecule has 1 fully saturated rings. The fourth-order valence-corrected chi connectivity index (χ4v) is 2.68. The number of rotatable bonds is 4. The molecular weight excluding hydrogens is 274 g/mol. The molecule has 0 saturated carbocycles. The molecule has 110 valence electrons. The summed E-state index contributed by atoms with van der Waals surface area (Å²) in [7, 11) is 1.87. The normalized spacial score (nSPS) is 15.6. The van der Waals surface area contributed by atoms with Crippen molar-refractivity contribution in [2.24, 2.45) is 0 Å². The molecule has 1 aromatic rings. The average molecular weight is 296 g/mol. The molecule has 1 aliphatic heterocycles. The third kappa shape index (κ3) is 3.64. The van der Waals surface area contributed by atoms with Crippen LogP contribution in [0.3, 0.4) is 0 Å². The van der Waals surface area contributed by atoms with E-state index in [2.05, 4.69) is 17.1 Å². The molecule has 0 radical (unpaired) electrons. The minimum absolute atomic E-state index is 0.238. The summed E-state index contributed by atoms with van der Waals surface area (Å²) in [5.74, 6) is 0.238. The number of carbonyl (C=O) groups excluding carboxylic acids is 1. The fourth-order valence-electron chi connectivity index (χ4n) is 2.51. The van der Waals surface area contributed by atoms with Gasteiger partial charge in [0.25, 0.3) is 0 Å². The van der Waals surface area contributed by atoms with E-state index in [4.69, 9.17) is 11.6 Å². The van der Waals surface area contributed by atoms with Crippen LogP contribution in [0, 0.1) is 6.92 Å². The van der Waals surface area contributed by atoms with Crippen LogP contribution in [0.15, 0.2) is 18.2 Å². The standard InChI is InChI=1S/C15H22ClN3O/c1-12-3-4-13(16)11-14(12)18-7-9-19(10-8-18)15(20)5-6-17-2/h3-4,11,17H,5-10H2,1-2H3. The minimum atomic E-state index is 0.238. The van der Waals surface area contributed by atoms with Gasteiger partial charge in [0.05, 0.1) is 0 Å². The van der Waals surface area contributed by atoms with E-state index in [1.165, 1.54) is 11.3 Å². The Morgan fingerprint density at radius 2 is 2.00 bits per heavy atom. The molecule has 5 heteroatoms. The summed E-state index contributed by atoms with van der Waals surface area (Å²) < 4.78 is 0. The summed E-state index contributed by atoms with van der Waals surface area (Å²) in [6, 6.07) is 5.97. The maximum Gasteiger partial charge on any atom is 0.223 e. The zero-order valence-corrected chi connectivity index (χ0v) is 12.9. The second-order valence-electron chi connectivity index (χ2n) is 5.15. The summed E-state index contributed by atoms with van der Waals surface area (Å²) in [5, 5.41) is 3.78. The molecule has 0 bridgehead atoms. The Balaban J connectivity index is 1.94. The van der Waals surface area contributed by atoms with Crippen molar-refractivity contribution in [2.45, 2.75) is 13.3 Å². The number of anilines is 1. The summed E-state index contributed by atoms with van der Waals surface area (Å²) in [6.07, 6.45) is 0.576. The molecule has 1 aromatic carbocycles. The second kappa shape index (κ2) is 6.95. The molecule has 1 saturated heterocycles. The Hall–Kier alpha value is -1.26. The molecule has 0 spiro atoms. The summed E-state index contributed by atoms with van der Waals surface area (Å²) in [6.45, 7) is 6.14. The van der Waals surface area contributed by atoms with E-state index in [0.717, 1.165) is 37.7 Å². The maximum absolute atomic E-state index is 12.0. The van der Waals surface area contributed by atoms with Gasteiger partial charge in [-0.2, -0.15) is 0 Å². The Bertz CT molecular complexity index is 470. The largest absolute Gasteiger partial charge is 0.368 e. The van der Waals surface area contributed by atoms with Crippen LogP contribution < -0.4 is 10.2 Å². The van der Waals surface area contributed by atoms with Crippen molar-refractivity contribution >= 4 is 23.2 Å². The van der Waals surface area contributed by atoms with Gasteiger partial charge in [0.1, 0.15) is 0 Å². The quantitative estimate of drug-likeness (QED) is 0.922. The second-order valence-corrected chi connectivity index (χ2v) is 5.59. The zero-order chi connectivity index (χ0) is 14.5. The summed E-state index contributed by atoms with van der Waals surface area (Å²) >= 11 is 6.07. The van der Waals surface area contributed by atoms with E-state index in [1.54, 1.807) is 0 Å². The van der Waals surface area contributed by atoms with Crippen molar-refractivity contribution in [3.8, 4) is 0 Å². The van der Waals surface area contributed by atoms with E-state index in [0.29, 0.717) is 6.42 Å². The molecule has 20 heavy (non-hydrogen) atoms. The first-order valence-corrected chi connectivity index (χ1v) is 7.43. The van der Waals surface area contributed by atoms with Gasteiger partial charge in [-0.15, -0.1) is 0 Å². The van der Waals surface area contributed by atoms with E-state index in [-0.39, 0.29) is 5.91 Å². The lowest BCUT2D eigenvalue weighted by atomic mass is 10.1. The Morgan fingerprint density at radius 1 is 1.30 bits per heavy atom. The van der Waals surface area contributed by atoms with Crippen molar-refractivity contribution in [3.63, 3.8) is 0 Å². The smallest absolute Gasteiger partial charge is 0.223 e. The van der Waals surface area contributed by atoms with Crippen molar-refractivity contribution in [1.82, 2.24) is 10.2 Å². The number of nitrogens with one attached hydrogen (secondary N) is 1. The highest BCUT2D eigenvalue weighted by atomic mass is 35.5. The molecule has 1 aliphatic rings. The minimum Gasteiger partial charge on any atom is -0.368 e. The van der Waals surface area contributed by atoms with Crippen LogP contribution in [0.5, 0.6) is 0 Å². The predicted molar refractivity (Wildman–Crippen MR) is 83.5 cm³/mol. The first kappa shape index (κ1) is 15.1. The maximum atomic E-state index is 12.0. The zero-order valence-electron chi connectivity index (χ0n) is 12.2. The van der Waals surface area contributed by atoms with Gasteiger partial charge in [0, 0.05) is 49.9 Å². The van der Waals surface area contributed by atoms with Gasteiger partial charge < -0.3 is 15.1 Å². The number of nitrogens with zero attached hydrogens (tertiary/aromatic N) is 2. The summed E-state index contributed by atoms with van der Waals surface area (Å²) in [5.41, 5.74) is 2.41. The first-order valence-electron chi connectivity index (χ1n) is 7.05. The number of halogens is 1. The van der Waals surface area contributed by atoms with Gasteiger partial charge in [-0.05, 0) is 31.7 Å². The fraction of sp³-hybridized carbons (Fsp3) is 0.533. The van der Waals surface area contributed by atoms with Crippen molar-refractivity contribution in [3.05, 3.63) is 28.8 Å². The lowest BCUT2D eigenvalue weighted by Gasteiger charge is -2.37. The number of carbonyl (C=O) groups is 1. The van der Waals surface area contributed by atoms with Crippen molar-refractivity contribution in [2.75, 3.05) is 44.7 Å². The lowest BCUT2D eigenvalue weighted by Crippen LogP contribution is -2.49. The molecule has 1 heterocycles. The molecule has 1 N–H and O–H groups in total. The number of benzene rings is 1. The molecular formula is C15H22ClN3O. The Kier molecular flexibility index (Phi) is 5.26. The van der Waals surface area contributed by atoms with Crippen LogP contribution in [0.25, 0.3) is 0 Å². The molecule has 0 aromatic heterocycles. The molecule has 2 rings (SSSR count). The van der Waals surface area contributed by atoms with Crippen LogP contribution in [0.2, 0.25) is 5.02 Å². The highest BCUT2D eigenvalue weighted by Crippen LogP contribution is 2.25. The van der Waals surface area contributed by atoms with Crippen molar-refractivity contribution in [1.29, 1.82) is 0 Å². The monoisotopic (exact) mass is 295 g/mol. The van der Waals surface area contributed by atoms with E-state index >= 15 is 0 Å². The Morgan fingerprint density at radius 3 is 2.65 bits per heavy atom. The van der Waals surface area contributed by atoms with Crippen LogP contribution in [-0.2, 0) is 4.79 Å². The molecule has 0 unspecified atom stereocenters. The van der Waals surface area contributed by atoms with E-state index in [9.17, 15) is 4.79 Å². The van der Waals surface area contributed by atoms with Crippen molar-refractivity contribution < 1.29 is 4.79 Å². The lowest BCUT2D eigenvalue weighted by molar-refractivity contribution is -0.131. The number of hydrogen-bond donors (Lipinski definition) is 1. The third-order valence-electron chi connectivity index (χ3n) is 3.73. The van der Waals surface area contributed by atoms with Gasteiger partial charge in [-0.3, -0.25) is 4.79 Å². The number of aryl methyl sites for hydroxylation is 1. The number of piperazine rings is 1. The Labute approximate surface area is 125 Å². The van der Waals surface area contributed by atoms with Gasteiger partial charge in [0.2, 0.25) is 5.91 Å². The topological polar surface area (TPSA) is 35.6 Å². The van der Waals surface area contributed by atoms with Crippen LogP contribution in [-0.4, -0.2) is 50.6 Å². The molecule has 0 atom stereocenters. The summed E-state index contributed by atoms with van der Waals surface area (Å²) in [4.78, 5) is 16.2. The van der Waals surface area contributed by atoms with E-state index < -0.39 is 0 Å². The average Bonchev–Trinajstić information content (AvgIpc) is 2.47. The third-order valence-corrected chi connectivity index (χ3v) is 3.97. The van der Waals surface area contributed by atoms with Crippen LogP contribution >= 0.6 is 11.6 Å². The number of amides is 1. The van der Waals surface area contributed by atoms with E-state index in [1.807, 2.05) is 30.1 Å².